The van der Waals surface area contributed by atoms with Crippen LogP contribution in [-0.4, -0.2) is 38.6 Å². The molecule has 4 rings (SSSR count). The molecule has 6 nitrogen and oxygen atoms in total. The molecule has 1 amide bonds. The Morgan fingerprint density at radius 2 is 1.59 bits per heavy atom. The van der Waals surface area contributed by atoms with Crippen LogP contribution in [0.2, 0.25) is 13.3 Å². The predicted molar refractivity (Wildman–Crippen MR) is 167 cm³/mol. The number of carbonyl (C=O) groups is 1. The summed E-state index contributed by atoms with van der Waals surface area (Å²) >= 11 is -2.80. The number of rotatable bonds is 14. The van der Waals surface area contributed by atoms with E-state index in [4.69, 9.17) is 0 Å². The normalized spacial score (nSPS) is 12.0. The van der Waals surface area contributed by atoms with Crippen molar-refractivity contribution in [2.24, 2.45) is 7.05 Å². The summed E-state index contributed by atoms with van der Waals surface area (Å²) in [7, 11) is 1.73. The molecule has 0 spiro atoms. The Morgan fingerprint density at radius 3 is 2.20 bits per heavy atom. The summed E-state index contributed by atoms with van der Waals surface area (Å²) in [6.07, 6.45) is 8.42. The molecule has 2 heterocycles. The first-order chi connectivity index (χ1) is 19.7. The van der Waals surface area contributed by atoms with Crippen molar-refractivity contribution >= 4 is 55.4 Å². The monoisotopic (exact) mass is 672 g/mol. The van der Waals surface area contributed by atoms with Gasteiger partial charge in [0.1, 0.15) is 0 Å². The fourth-order valence-corrected chi connectivity index (χ4v) is 22.0. The molecule has 41 heavy (non-hydrogen) atoms. The molecule has 0 bridgehead atoms. The summed E-state index contributed by atoms with van der Waals surface area (Å²) in [6, 6.07) is 9.74. The number of fused-ring (bicyclic) bond motifs is 3. The van der Waals surface area contributed by atoms with Crippen LogP contribution in [0.5, 0.6) is 0 Å². The quantitative estimate of drug-likeness (QED) is 0.144. The summed E-state index contributed by atoms with van der Waals surface area (Å²) in [6.45, 7) is 6.69. The molecule has 9 heteroatoms. The molecule has 0 saturated heterocycles. The van der Waals surface area contributed by atoms with Crippen molar-refractivity contribution < 1.29 is 13.6 Å². The number of amides is 1. The van der Waals surface area contributed by atoms with Crippen LogP contribution in [-0.2, 0) is 18.4 Å². The van der Waals surface area contributed by atoms with E-state index in [1.165, 1.54) is 59.0 Å². The Morgan fingerprint density at radius 1 is 0.927 bits per heavy atom. The summed E-state index contributed by atoms with van der Waals surface area (Å²) in [4.78, 5) is 26.2. The number of hydrogen-bond donors (Lipinski definition) is 1. The molecular formula is C32H42F2N4O2Sn. The number of nitrogens with zero attached hydrogens (tertiary/aromatic N) is 3. The fraction of sp³-hybridized carbons (Fsp3) is 0.469. The summed E-state index contributed by atoms with van der Waals surface area (Å²) < 4.78 is 37.6. The maximum atomic E-state index is 15.5. The second-order valence-electron chi connectivity index (χ2n) is 11.2. The van der Waals surface area contributed by atoms with Crippen LogP contribution < -0.4 is 14.5 Å². The van der Waals surface area contributed by atoms with Gasteiger partial charge in [-0.25, -0.2) is 4.39 Å². The van der Waals surface area contributed by atoms with Gasteiger partial charge < -0.3 is 0 Å². The topological polar surface area (TPSA) is 68.9 Å². The van der Waals surface area contributed by atoms with E-state index in [0.29, 0.717) is 21.8 Å². The number of aromatic nitrogens is 3. The van der Waals surface area contributed by atoms with Gasteiger partial charge in [0.05, 0.1) is 0 Å². The van der Waals surface area contributed by atoms with E-state index < -0.39 is 35.9 Å². The van der Waals surface area contributed by atoms with Crippen molar-refractivity contribution in [2.75, 3.05) is 5.32 Å². The number of unbranched alkanes of at least 4 members (excludes halogenated alkanes) is 3. The van der Waals surface area contributed by atoms with Gasteiger partial charge >= 0.3 is 219 Å². The van der Waals surface area contributed by atoms with E-state index >= 15 is 4.39 Å². The van der Waals surface area contributed by atoms with Crippen LogP contribution in [0.1, 0.15) is 65.7 Å². The van der Waals surface area contributed by atoms with Crippen molar-refractivity contribution in [1.82, 2.24) is 14.3 Å². The van der Waals surface area contributed by atoms with E-state index in [1.807, 2.05) is 0 Å². The molecule has 0 fully saturated rings. The van der Waals surface area contributed by atoms with Gasteiger partial charge in [0, 0.05) is 7.05 Å². The molecule has 4 aromatic rings. The number of nitrogens with one attached hydrogen (secondary N) is 1. The second kappa shape index (κ2) is 13.9. The third-order valence-electron chi connectivity index (χ3n) is 8.36. The van der Waals surface area contributed by atoms with E-state index in [2.05, 4.69) is 37.3 Å². The Kier molecular flexibility index (Phi) is 10.6. The third kappa shape index (κ3) is 6.84. The number of anilines is 1. The molecule has 220 valence electrons. The zero-order chi connectivity index (χ0) is 29.6. The average Bonchev–Trinajstić information content (AvgIpc) is 3.35. The van der Waals surface area contributed by atoms with Crippen LogP contribution >= 0.6 is 0 Å². The molecule has 2 aromatic heterocycles. The van der Waals surface area contributed by atoms with Crippen LogP contribution in [0.25, 0.3) is 21.8 Å². The number of benzene rings is 2. The molecule has 1 N–H and O–H groups in total. The van der Waals surface area contributed by atoms with Crippen LogP contribution in [0.15, 0.2) is 47.4 Å². The standard InChI is InChI=1S/C20H15F2N4O2.3C4H9.Sn/c1-25-19-13-7-6-12(21)10-17(13)26(20(28)14(19)11-23-25)9-8-18(27)24-16-5-3-2-4-15(16)22;3*1-3-4-2;/h3-7,10-11H,8-9H2,1H3,(H,24,27);3*1,3-4H2,2H3;. The molecule has 0 saturated carbocycles. The van der Waals surface area contributed by atoms with Crippen LogP contribution in [0, 0.1) is 11.6 Å². The molecule has 0 aliphatic rings. The van der Waals surface area contributed by atoms with Gasteiger partial charge in [-0.2, -0.15) is 5.10 Å². The second-order valence-corrected chi connectivity index (χ2v) is 24.5. The van der Waals surface area contributed by atoms with E-state index in [-0.39, 0.29) is 24.2 Å². The minimum absolute atomic E-state index is 0.0276. The number of carbonyl (C=O) groups excluding carboxylic acids is 1. The van der Waals surface area contributed by atoms with E-state index in [0.717, 1.165) is 19.3 Å². The fourth-order valence-electron chi connectivity index (χ4n) is 6.04. The first-order valence-electron chi connectivity index (χ1n) is 15.0. The number of hydrogen-bond acceptors (Lipinski definition) is 3. The SMILES string of the molecule is CCC[CH2][Sn]([CH2]CCC)([CH2]CCC)[c]1ccc(NC(=O)CCn2c(=O)c3cnn(C)c3c3ccc(F)cc32)c(F)c1. The van der Waals surface area contributed by atoms with Crippen molar-refractivity contribution in [3.05, 3.63) is 64.6 Å². The van der Waals surface area contributed by atoms with Crippen molar-refractivity contribution in [3.63, 3.8) is 0 Å². The first kappa shape index (κ1) is 31.2. The van der Waals surface area contributed by atoms with E-state index in [9.17, 15) is 14.0 Å². The number of aryl methyl sites for hydroxylation is 2. The molecule has 0 aliphatic carbocycles. The summed E-state index contributed by atoms with van der Waals surface area (Å²) in [5.74, 6) is -1.28. The van der Waals surface area contributed by atoms with Crippen LogP contribution in [0.3, 0.4) is 0 Å². The van der Waals surface area contributed by atoms with Crippen molar-refractivity contribution in [3.8, 4) is 0 Å². The first-order valence-corrected chi connectivity index (χ1v) is 22.5. The van der Waals surface area contributed by atoms with Crippen molar-refractivity contribution in [2.45, 2.75) is 85.6 Å². The van der Waals surface area contributed by atoms with Gasteiger partial charge in [-0.1, -0.05) is 0 Å². The van der Waals surface area contributed by atoms with Gasteiger partial charge in [0.2, 0.25) is 0 Å². The number of halogens is 2. The Labute approximate surface area is 245 Å². The summed E-state index contributed by atoms with van der Waals surface area (Å²) in [5.41, 5.74) is 0.826. The summed E-state index contributed by atoms with van der Waals surface area (Å²) in [5, 5.41) is 7.98. The zero-order valence-electron chi connectivity index (χ0n) is 24.7. The van der Waals surface area contributed by atoms with Gasteiger partial charge in [-0.15, -0.1) is 0 Å². The van der Waals surface area contributed by atoms with Crippen LogP contribution in [0.4, 0.5) is 14.5 Å². The van der Waals surface area contributed by atoms with E-state index in [1.54, 1.807) is 29.9 Å². The minimum atomic E-state index is -2.80. The molecule has 0 atom stereocenters. The molecular weight excluding hydrogens is 629 g/mol. The third-order valence-corrected chi connectivity index (χ3v) is 24.0. The Balaban J connectivity index is 1.56. The number of pyridine rings is 1. The van der Waals surface area contributed by atoms with Crippen molar-refractivity contribution in [1.29, 1.82) is 0 Å². The maximum absolute atomic E-state index is 15.5. The van der Waals surface area contributed by atoms with Gasteiger partial charge in [0.15, 0.2) is 0 Å². The van der Waals surface area contributed by atoms with Gasteiger partial charge in [-0.3, -0.25) is 4.68 Å². The van der Waals surface area contributed by atoms with Gasteiger partial charge in [0.25, 0.3) is 0 Å². The molecule has 0 radical (unpaired) electrons. The Bertz CT molecular complexity index is 1560. The predicted octanol–water partition coefficient (Wildman–Crippen LogP) is 7.25. The Hall–Kier alpha value is -2.75. The zero-order valence-corrected chi connectivity index (χ0v) is 27.6. The molecule has 0 unspecified atom stereocenters. The van der Waals surface area contributed by atoms with Gasteiger partial charge in [-0.05, 0) is 6.07 Å². The molecule has 0 aliphatic heterocycles. The average molecular weight is 671 g/mol. The molecule has 2 aromatic carbocycles.